The summed E-state index contributed by atoms with van der Waals surface area (Å²) in [4.78, 5) is 31.9. The number of imide groups is 1. The van der Waals surface area contributed by atoms with Gasteiger partial charge in [-0.15, -0.1) is 0 Å². The molecule has 0 aliphatic rings. The number of rotatable bonds is 5. The molecule has 1 aromatic carbocycles. The molecule has 0 unspecified atom stereocenters. The summed E-state index contributed by atoms with van der Waals surface area (Å²) in [5.74, 6) is -0.590. The standard InChI is InChI=1S/C11H12N2O4/c1-8(15)17-10-5-3-2-4-9(10)12-6-11(16)13-7-14/h2-5,7,12H,6H2,1H3,(H,13,14,16). The van der Waals surface area contributed by atoms with Crippen LogP contribution in [0.2, 0.25) is 0 Å². The van der Waals surface area contributed by atoms with E-state index in [9.17, 15) is 14.4 Å². The van der Waals surface area contributed by atoms with Crippen LogP contribution < -0.4 is 15.4 Å². The predicted octanol–water partition coefficient (Wildman–Crippen LogP) is 0.296. The fraction of sp³-hybridized carbons (Fsp3) is 0.182. The van der Waals surface area contributed by atoms with Crippen LogP contribution in [0.1, 0.15) is 6.92 Å². The van der Waals surface area contributed by atoms with E-state index in [2.05, 4.69) is 5.32 Å². The second kappa shape index (κ2) is 6.26. The molecule has 1 rings (SSSR count). The number of benzene rings is 1. The Balaban J connectivity index is 2.66. The average molecular weight is 236 g/mol. The largest absolute Gasteiger partial charge is 0.425 e. The summed E-state index contributed by atoms with van der Waals surface area (Å²) < 4.78 is 4.93. The van der Waals surface area contributed by atoms with E-state index >= 15 is 0 Å². The third kappa shape index (κ3) is 4.33. The molecule has 0 saturated carbocycles. The van der Waals surface area contributed by atoms with E-state index < -0.39 is 11.9 Å². The molecule has 0 aliphatic carbocycles. The minimum atomic E-state index is -0.474. The van der Waals surface area contributed by atoms with Crippen molar-refractivity contribution in [3.05, 3.63) is 24.3 Å². The van der Waals surface area contributed by atoms with Crippen LogP contribution in [0, 0.1) is 0 Å². The first-order valence-corrected chi connectivity index (χ1v) is 4.88. The summed E-state index contributed by atoms with van der Waals surface area (Å²) in [7, 11) is 0. The maximum atomic E-state index is 11.0. The molecule has 0 radical (unpaired) electrons. The van der Waals surface area contributed by atoms with Crippen molar-refractivity contribution in [2.24, 2.45) is 0 Å². The summed E-state index contributed by atoms with van der Waals surface area (Å²) in [5, 5.41) is 4.74. The highest BCUT2D eigenvalue weighted by Crippen LogP contribution is 2.23. The van der Waals surface area contributed by atoms with Crippen LogP contribution in [0.4, 0.5) is 5.69 Å². The van der Waals surface area contributed by atoms with Crippen molar-refractivity contribution >= 4 is 24.0 Å². The van der Waals surface area contributed by atoms with Gasteiger partial charge in [0.05, 0.1) is 12.2 Å². The fourth-order valence-electron chi connectivity index (χ4n) is 1.15. The van der Waals surface area contributed by atoms with Gasteiger partial charge in [0.2, 0.25) is 12.3 Å². The van der Waals surface area contributed by atoms with Crippen molar-refractivity contribution in [3.63, 3.8) is 0 Å². The van der Waals surface area contributed by atoms with Gasteiger partial charge in [-0.25, -0.2) is 0 Å². The van der Waals surface area contributed by atoms with Crippen LogP contribution in [0.3, 0.4) is 0 Å². The van der Waals surface area contributed by atoms with Crippen molar-refractivity contribution in [1.29, 1.82) is 0 Å². The molecule has 0 heterocycles. The van der Waals surface area contributed by atoms with Crippen LogP contribution in [0.15, 0.2) is 24.3 Å². The summed E-state index contributed by atoms with van der Waals surface area (Å²) in [6.07, 6.45) is 0.308. The molecule has 0 atom stereocenters. The highest BCUT2D eigenvalue weighted by atomic mass is 16.5. The number of anilines is 1. The molecule has 0 fully saturated rings. The maximum Gasteiger partial charge on any atom is 0.308 e. The molecule has 2 amide bonds. The normalized spacial score (nSPS) is 9.24. The van der Waals surface area contributed by atoms with E-state index in [-0.39, 0.29) is 6.54 Å². The van der Waals surface area contributed by atoms with Gasteiger partial charge in [0.25, 0.3) is 0 Å². The van der Waals surface area contributed by atoms with Gasteiger partial charge in [0.15, 0.2) is 5.75 Å². The zero-order valence-corrected chi connectivity index (χ0v) is 9.23. The van der Waals surface area contributed by atoms with Gasteiger partial charge in [0, 0.05) is 6.92 Å². The van der Waals surface area contributed by atoms with Gasteiger partial charge < -0.3 is 10.1 Å². The molecule has 6 nitrogen and oxygen atoms in total. The Morgan fingerprint density at radius 1 is 1.35 bits per heavy atom. The van der Waals surface area contributed by atoms with Crippen LogP contribution in [0.5, 0.6) is 5.75 Å². The second-order valence-electron chi connectivity index (χ2n) is 3.13. The van der Waals surface area contributed by atoms with E-state index in [1.807, 2.05) is 5.32 Å². The number of nitrogens with one attached hydrogen (secondary N) is 2. The van der Waals surface area contributed by atoms with Crippen molar-refractivity contribution < 1.29 is 19.1 Å². The minimum Gasteiger partial charge on any atom is -0.425 e. The zero-order chi connectivity index (χ0) is 12.7. The van der Waals surface area contributed by atoms with Crippen LogP contribution in [0.25, 0.3) is 0 Å². The Morgan fingerprint density at radius 3 is 2.71 bits per heavy atom. The summed E-state index contributed by atoms with van der Waals surface area (Å²) >= 11 is 0. The Morgan fingerprint density at radius 2 is 2.06 bits per heavy atom. The van der Waals surface area contributed by atoms with Gasteiger partial charge in [-0.2, -0.15) is 0 Å². The lowest BCUT2D eigenvalue weighted by Gasteiger charge is -2.10. The predicted molar refractivity (Wildman–Crippen MR) is 60.4 cm³/mol. The number of para-hydroxylation sites is 2. The van der Waals surface area contributed by atoms with E-state index in [4.69, 9.17) is 4.74 Å². The molecule has 0 saturated heterocycles. The molecule has 2 N–H and O–H groups in total. The van der Waals surface area contributed by atoms with E-state index in [0.29, 0.717) is 17.8 Å². The molecule has 90 valence electrons. The first-order chi connectivity index (χ1) is 8.13. The van der Waals surface area contributed by atoms with Gasteiger partial charge in [0.1, 0.15) is 0 Å². The lowest BCUT2D eigenvalue weighted by Crippen LogP contribution is -2.28. The zero-order valence-electron chi connectivity index (χ0n) is 9.23. The third-order valence-electron chi connectivity index (χ3n) is 1.80. The summed E-state index contributed by atoms with van der Waals surface area (Å²) in [6, 6.07) is 6.69. The molecular formula is C11H12N2O4. The average Bonchev–Trinajstić information content (AvgIpc) is 2.27. The Hall–Kier alpha value is -2.37. The second-order valence-corrected chi connectivity index (χ2v) is 3.13. The lowest BCUT2D eigenvalue weighted by atomic mass is 10.3. The number of hydrogen-bond donors (Lipinski definition) is 2. The van der Waals surface area contributed by atoms with Gasteiger partial charge in [-0.3, -0.25) is 19.7 Å². The van der Waals surface area contributed by atoms with Gasteiger partial charge in [-0.05, 0) is 12.1 Å². The number of esters is 1. The SMILES string of the molecule is CC(=O)Oc1ccccc1NCC(=O)NC=O. The molecule has 0 bridgehead atoms. The summed E-state index contributed by atoms with van der Waals surface area (Å²) in [5.41, 5.74) is 0.503. The Labute approximate surface area is 98.0 Å². The Kier molecular flexibility index (Phi) is 4.68. The Bertz CT molecular complexity index is 431. The molecule has 6 heteroatoms. The van der Waals surface area contributed by atoms with Crippen molar-refractivity contribution in [2.45, 2.75) is 6.92 Å². The molecule has 17 heavy (non-hydrogen) atoms. The highest BCUT2D eigenvalue weighted by Gasteiger charge is 2.06. The first-order valence-electron chi connectivity index (χ1n) is 4.88. The van der Waals surface area contributed by atoms with Crippen molar-refractivity contribution in [2.75, 3.05) is 11.9 Å². The number of carbonyl (C=O) groups is 3. The van der Waals surface area contributed by atoms with Crippen molar-refractivity contribution in [1.82, 2.24) is 5.32 Å². The summed E-state index contributed by atoms with van der Waals surface area (Å²) in [6.45, 7) is 1.20. The third-order valence-corrected chi connectivity index (χ3v) is 1.80. The molecule has 0 aliphatic heterocycles. The number of ether oxygens (including phenoxy) is 1. The van der Waals surface area contributed by atoms with Gasteiger partial charge >= 0.3 is 5.97 Å². The van der Waals surface area contributed by atoms with Gasteiger partial charge in [-0.1, -0.05) is 12.1 Å². The number of carbonyl (C=O) groups excluding carboxylic acids is 3. The van der Waals surface area contributed by atoms with Crippen LogP contribution in [-0.4, -0.2) is 24.8 Å². The van der Waals surface area contributed by atoms with E-state index in [0.717, 1.165) is 0 Å². The number of hydrogen-bond acceptors (Lipinski definition) is 5. The van der Waals surface area contributed by atoms with Crippen molar-refractivity contribution in [3.8, 4) is 5.75 Å². The monoisotopic (exact) mass is 236 g/mol. The molecule has 1 aromatic rings. The fourth-order valence-corrected chi connectivity index (χ4v) is 1.15. The molecule has 0 aromatic heterocycles. The smallest absolute Gasteiger partial charge is 0.308 e. The maximum absolute atomic E-state index is 11.0. The number of amides is 2. The van der Waals surface area contributed by atoms with E-state index in [1.54, 1.807) is 24.3 Å². The quantitative estimate of drug-likeness (QED) is 0.436. The molecule has 0 spiro atoms. The molecular weight excluding hydrogens is 224 g/mol. The highest BCUT2D eigenvalue weighted by molar-refractivity contribution is 5.89. The minimum absolute atomic E-state index is 0.0863. The van der Waals surface area contributed by atoms with Crippen LogP contribution in [-0.2, 0) is 14.4 Å². The van der Waals surface area contributed by atoms with E-state index in [1.165, 1.54) is 6.92 Å². The first kappa shape index (κ1) is 12.7. The van der Waals surface area contributed by atoms with Crippen LogP contribution >= 0.6 is 0 Å². The lowest BCUT2D eigenvalue weighted by molar-refractivity contribution is -0.131. The topological polar surface area (TPSA) is 84.5 Å².